The summed E-state index contributed by atoms with van der Waals surface area (Å²) in [5, 5.41) is 9.44. The summed E-state index contributed by atoms with van der Waals surface area (Å²) >= 11 is 0. The van der Waals surface area contributed by atoms with Crippen molar-refractivity contribution in [2.75, 3.05) is 18.0 Å². The van der Waals surface area contributed by atoms with Crippen LogP contribution in [0.25, 0.3) is 0 Å². The van der Waals surface area contributed by atoms with Gasteiger partial charge in [-0.25, -0.2) is 4.98 Å². The van der Waals surface area contributed by atoms with E-state index >= 15 is 0 Å². The van der Waals surface area contributed by atoms with Gasteiger partial charge < -0.3 is 10.0 Å². The van der Waals surface area contributed by atoms with E-state index in [-0.39, 0.29) is 6.10 Å². The normalized spacial score (nSPS) is 16.4. The molecule has 2 rings (SSSR count). The Kier molecular flexibility index (Phi) is 6.13. The predicted molar refractivity (Wildman–Crippen MR) is 77.1 cm³/mol. The molecule has 1 fully saturated rings. The monoisotopic (exact) mass is 250 g/mol. The molecule has 1 saturated heterocycles. The molecule has 2 heterocycles. The van der Waals surface area contributed by atoms with Gasteiger partial charge in [-0.05, 0) is 30.4 Å². The van der Waals surface area contributed by atoms with Crippen molar-refractivity contribution in [3.63, 3.8) is 0 Å². The third-order valence-electron chi connectivity index (χ3n) is 3.23. The number of hydrogen-bond donors (Lipinski definition) is 1. The first kappa shape index (κ1) is 15.0. The minimum absolute atomic E-state index is 0.119. The quantitative estimate of drug-likeness (QED) is 0.875. The topological polar surface area (TPSA) is 36.4 Å². The molecule has 0 unspecified atom stereocenters. The van der Waals surface area contributed by atoms with Gasteiger partial charge in [0.2, 0.25) is 0 Å². The highest BCUT2D eigenvalue weighted by molar-refractivity contribution is 5.40. The molecule has 1 aromatic heterocycles. The molecule has 0 aliphatic carbocycles. The van der Waals surface area contributed by atoms with Gasteiger partial charge in [0, 0.05) is 19.3 Å². The molecular formula is C15H26N2O. The number of nitrogens with zero attached hydrogens (tertiary/aromatic N) is 2. The van der Waals surface area contributed by atoms with Crippen LogP contribution in [0.3, 0.4) is 0 Å². The molecule has 1 N–H and O–H groups in total. The third kappa shape index (κ3) is 3.98. The van der Waals surface area contributed by atoms with E-state index in [1.807, 2.05) is 20.0 Å². The van der Waals surface area contributed by atoms with Crippen molar-refractivity contribution in [2.24, 2.45) is 0 Å². The van der Waals surface area contributed by atoms with Gasteiger partial charge in [0.25, 0.3) is 0 Å². The first-order valence-corrected chi connectivity index (χ1v) is 7.06. The highest BCUT2D eigenvalue weighted by Gasteiger charge is 2.17. The fraction of sp³-hybridized carbons (Fsp3) is 0.667. The highest BCUT2D eigenvalue weighted by Crippen LogP contribution is 2.20. The summed E-state index contributed by atoms with van der Waals surface area (Å²) in [6.07, 6.45) is 3.55. The second-order valence-electron chi connectivity index (χ2n) is 4.82. The summed E-state index contributed by atoms with van der Waals surface area (Å²) in [5.74, 6) is 1.57. The molecule has 3 nitrogen and oxygen atoms in total. The van der Waals surface area contributed by atoms with Crippen molar-refractivity contribution < 1.29 is 5.11 Å². The Balaban J connectivity index is 0.000000771. The van der Waals surface area contributed by atoms with Crippen LogP contribution < -0.4 is 4.90 Å². The molecule has 1 aliphatic heterocycles. The Morgan fingerprint density at radius 1 is 1.22 bits per heavy atom. The Hall–Kier alpha value is -1.09. The number of aliphatic hydroxyl groups excluding tert-OH is 1. The second-order valence-corrected chi connectivity index (χ2v) is 4.82. The number of pyridine rings is 1. The van der Waals surface area contributed by atoms with Crippen LogP contribution in [0.15, 0.2) is 18.3 Å². The molecule has 0 spiro atoms. The van der Waals surface area contributed by atoms with Crippen molar-refractivity contribution in [1.82, 2.24) is 4.98 Å². The number of aromatic nitrogens is 1. The maximum atomic E-state index is 9.44. The molecule has 0 bridgehead atoms. The lowest BCUT2D eigenvalue weighted by atomic mass is 10.1. The Labute approximate surface area is 111 Å². The van der Waals surface area contributed by atoms with Crippen LogP contribution in [0.5, 0.6) is 0 Å². The smallest absolute Gasteiger partial charge is 0.128 e. The number of hydrogen-bond acceptors (Lipinski definition) is 3. The fourth-order valence-corrected chi connectivity index (χ4v) is 2.02. The molecule has 0 atom stereocenters. The van der Waals surface area contributed by atoms with Crippen LogP contribution >= 0.6 is 0 Å². The molecule has 3 heteroatoms. The van der Waals surface area contributed by atoms with Crippen molar-refractivity contribution in [2.45, 2.75) is 52.6 Å². The first-order chi connectivity index (χ1) is 8.66. The lowest BCUT2D eigenvalue weighted by Gasteiger charge is -2.30. The molecule has 0 saturated carbocycles. The van der Waals surface area contributed by atoms with Gasteiger partial charge >= 0.3 is 0 Å². The van der Waals surface area contributed by atoms with Crippen LogP contribution in [-0.4, -0.2) is 29.3 Å². The minimum Gasteiger partial charge on any atom is -0.393 e. The van der Waals surface area contributed by atoms with Crippen LogP contribution in [0.1, 0.15) is 52.0 Å². The standard InChI is InChI=1S/C13H20N2O.C2H6/c1-10(2)11-3-4-13(14-9-11)15-7-5-12(16)6-8-15;1-2/h3-4,9-10,12,16H,5-8H2,1-2H3;1-2H3. The molecular weight excluding hydrogens is 224 g/mol. The van der Waals surface area contributed by atoms with Gasteiger partial charge in [-0.1, -0.05) is 33.8 Å². The van der Waals surface area contributed by atoms with Gasteiger partial charge in [-0.2, -0.15) is 0 Å². The van der Waals surface area contributed by atoms with Crippen LogP contribution in [-0.2, 0) is 0 Å². The van der Waals surface area contributed by atoms with Crippen molar-refractivity contribution in [1.29, 1.82) is 0 Å². The van der Waals surface area contributed by atoms with Gasteiger partial charge in [-0.15, -0.1) is 0 Å². The number of aliphatic hydroxyl groups is 1. The van der Waals surface area contributed by atoms with E-state index in [4.69, 9.17) is 0 Å². The third-order valence-corrected chi connectivity index (χ3v) is 3.23. The fourth-order valence-electron chi connectivity index (χ4n) is 2.02. The zero-order chi connectivity index (χ0) is 13.5. The van der Waals surface area contributed by atoms with Gasteiger partial charge in [-0.3, -0.25) is 0 Å². The summed E-state index contributed by atoms with van der Waals surface area (Å²) in [6.45, 7) is 10.2. The van der Waals surface area contributed by atoms with E-state index in [9.17, 15) is 5.11 Å². The van der Waals surface area contributed by atoms with E-state index in [1.54, 1.807) is 0 Å². The molecule has 1 aliphatic rings. The predicted octanol–water partition coefficient (Wildman–Crippen LogP) is 3.19. The van der Waals surface area contributed by atoms with Gasteiger partial charge in [0.15, 0.2) is 0 Å². The Morgan fingerprint density at radius 3 is 2.28 bits per heavy atom. The molecule has 18 heavy (non-hydrogen) atoms. The minimum atomic E-state index is -0.119. The van der Waals surface area contributed by atoms with Crippen LogP contribution in [0.2, 0.25) is 0 Å². The first-order valence-electron chi connectivity index (χ1n) is 7.06. The number of anilines is 1. The Bertz CT molecular complexity index is 327. The summed E-state index contributed by atoms with van der Waals surface area (Å²) < 4.78 is 0. The van der Waals surface area contributed by atoms with Crippen LogP contribution in [0.4, 0.5) is 5.82 Å². The largest absolute Gasteiger partial charge is 0.393 e. The van der Waals surface area contributed by atoms with Crippen molar-refractivity contribution in [3.8, 4) is 0 Å². The molecule has 0 aromatic carbocycles. The lowest BCUT2D eigenvalue weighted by molar-refractivity contribution is 0.145. The zero-order valence-electron chi connectivity index (χ0n) is 12.1. The molecule has 102 valence electrons. The average Bonchev–Trinajstić information content (AvgIpc) is 2.42. The average molecular weight is 250 g/mol. The summed E-state index contributed by atoms with van der Waals surface area (Å²) in [4.78, 5) is 6.74. The van der Waals surface area contributed by atoms with E-state index in [1.165, 1.54) is 5.56 Å². The van der Waals surface area contributed by atoms with Crippen molar-refractivity contribution >= 4 is 5.82 Å². The lowest BCUT2D eigenvalue weighted by Crippen LogP contribution is -2.36. The second kappa shape index (κ2) is 7.37. The number of piperidine rings is 1. The van der Waals surface area contributed by atoms with Gasteiger partial charge in [0.05, 0.1) is 6.10 Å². The number of rotatable bonds is 2. The van der Waals surface area contributed by atoms with E-state index in [0.29, 0.717) is 5.92 Å². The summed E-state index contributed by atoms with van der Waals surface area (Å²) in [5.41, 5.74) is 1.28. The molecule has 0 amide bonds. The van der Waals surface area contributed by atoms with Gasteiger partial charge in [0.1, 0.15) is 5.82 Å². The maximum Gasteiger partial charge on any atom is 0.128 e. The van der Waals surface area contributed by atoms with E-state index in [2.05, 4.69) is 35.9 Å². The summed E-state index contributed by atoms with van der Waals surface area (Å²) in [7, 11) is 0. The summed E-state index contributed by atoms with van der Waals surface area (Å²) in [6, 6.07) is 4.24. The van der Waals surface area contributed by atoms with Crippen LogP contribution in [0, 0.1) is 0 Å². The SMILES string of the molecule is CC.CC(C)c1ccc(N2CCC(O)CC2)nc1. The molecule has 0 radical (unpaired) electrons. The zero-order valence-corrected chi connectivity index (χ0v) is 12.1. The van der Waals surface area contributed by atoms with Crippen molar-refractivity contribution in [3.05, 3.63) is 23.9 Å². The molecule has 1 aromatic rings. The van der Waals surface area contributed by atoms with E-state index < -0.39 is 0 Å². The van der Waals surface area contributed by atoms with E-state index in [0.717, 1.165) is 31.7 Å². The highest BCUT2D eigenvalue weighted by atomic mass is 16.3. The maximum absolute atomic E-state index is 9.44. The Morgan fingerprint density at radius 2 is 1.83 bits per heavy atom.